The number of methoxy groups -OCH3 is 2. The summed E-state index contributed by atoms with van der Waals surface area (Å²) in [7, 11) is 3.13. The molecule has 0 aliphatic carbocycles. The average Bonchev–Trinajstić information content (AvgIpc) is 2.27. The van der Waals surface area contributed by atoms with E-state index < -0.39 is 0 Å². The molecule has 4 heteroatoms. The Labute approximate surface area is 95.6 Å². The third-order valence-electron chi connectivity index (χ3n) is 2.23. The van der Waals surface area contributed by atoms with Gasteiger partial charge >= 0.3 is 0 Å². The van der Waals surface area contributed by atoms with Crippen LogP contribution in [0.4, 0.5) is 0 Å². The molecule has 1 rings (SSSR count). The quantitative estimate of drug-likeness (QED) is 0.834. The fourth-order valence-electron chi connectivity index (χ4n) is 1.61. The monoisotopic (exact) mass is 220 g/mol. The van der Waals surface area contributed by atoms with Gasteiger partial charge in [-0.1, -0.05) is 0 Å². The SMILES string of the molecule is COc1cc(C#N)cc(CC(C)N)c1OC. The fraction of sp³-hybridized carbons (Fsp3) is 0.417. The van der Waals surface area contributed by atoms with Gasteiger partial charge in [0.2, 0.25) is 0 Å². The van der Waals surface area contributed by atoms with Crippen molar-refractivity contribution in [2.24, 2.45) is 5.73 Å². The molecule has 0 bridgehead atoms. The standard InChI is InChI=1S/C12H16N2O2/c1-8(14)4-10-5-9(7-13)6-11(15-2)12(10)16-3/h5-6,8H,4,14H2,1-3H3. The second-order valence-corrected chi connectivity index (χ2v) is 3.66. The van der Waals surface area contributed by atoms with Crippen LogP contribution in [0.15, 0.2) is 12.1 Å². The first-order valence-electron chi connectivity index (χ1n) is 5.03. The van der Waals surface area contributed by atoms with Crippen LogP contribution in [0.3, 0.4) is 0 Å². The molecule has 1 aromatic carbocycles. The highest BCUT2D eigenvalue weighted by molar-refractivity contribution is 5.52. The van der Waals surface area contributed by atoms with Gasteiger partial charge < -0.3 is 15.2 Å². The van der Waals surface area contributed by atoms with Crippen molar-refractivity contribution in [3.63, 3.8) is 0 Å². The highest BCUT2D eigenvalue weighted by Gasteiger charge is 2.13. The van der Waals surface area contributed by atoms with E-state index in [-0.39, 0.29) is 6.04 Å². The van der Waals surface area contributed by atoms with Crippen LogP contribution in [0.25, 0.3) is 0 Å². The highest BCUT2D eigenvalue weighted by atomic mass is 16.5. The first-order valence-corrected chi connectivity index (χ1v) is 5.03. The normalized spacial score (nSPS) is 11.7. The summed E-state index contributed by atoms with van der Waals surface area (Å²) in [5.41, 5.74) is 7.20. The van der Waals surface area contributed by atoms with Gasteiger partial charge in [0.15, 0.2) is 11.5 Å². The van der Waals surface area contributed by atoms with E-state index in [0.29, 0.717) is 23.5 Å². The van der Waals surface area contributed by atoms with Gasteiger partial charge in [0.25, 0.3) is 0 Å². The van der Waals surface area contributed by atoms with E-state index in [9.17, 15) is 0 Å². The predicted molar refractivity (Wildman–Crippen MR) is 61.6 cm³/mol. The Balaban J connectivity index is 3.26. The number of nitriles is 1. The Morgan fingerprint density at radius 1 is 1.38 bits per heavy atom. The number of hydrogen-bond donors (Lipinski definition) is 1. The van der Waals surface area contributed by atoms with E-state index in [1.54, 1.807) is 26.4 Å². The van der Waals surface area contributed by atoms with Gasteiger partial charge in [0.1, 0.15) is 0 Å². The molecule has 0 aromatic heterocycles. The van der Waals surface area contributed by atoms with Gasteiger partial charge in [0, 0.05) is 17.7 Å². The minimum absolute atomic E-state index is 0.00699. The number of hydrogen-bond acceptors (Lipinski definition) is 4. The average molecular weight is 220 g/mol. The summed E-state index contributed by atoms with van der Waals surface area (Å²) in [4.78, 5) is 0. The number of rotatable bonds is 4. The molecule has 16 heavy (non-hydrogen) atoms. The highest BCUT2D eigenvalue weighted by Crippen LogP contribution is 2.33. The van der Waals surface area contributed by atoms with Crippen LogP contribution in [0, 0.1) is 11.3 Å². The number of nitrogens with two attached hydrogens (primary N) is 1. The molecule has 0 saturated carbocycles. The van der Waals surface area contributed by atoms with Crippen molar-refractivity contribution in [2.75, 3.05) is 14.2 Å². The molecule has 1 atom stereocenters. The number of ether oxygens (including phenoxy) is 2. The van der Waals surface area contributed by atoms with Crippen LogP contribution >= 0.6 is 0 Å². The van der Waals surface area contributed by atoms with Gasteiger partial charge in [-0.15, -0.1) is 0 Å². The molecular weight excluding hydrogens is 204 g/mol. The minimum Gasteiger partial charge on any atom is -0.493 e. The molecule has 0 fully saturated rings. The summed E-state index contributed by atoms with van der Waals surface area (Å²) in [6, 6.07) is 5.54. The van der Waals surface area contributed by atoms with Gasteiger partial charge in [-0.05, 0) is 19.4 Å². The Morgan fingerprint density at radius 3 is 2.50 bits per heavy atom. The van der Waals surface area contributed by atoms with Crippen molar-refractivity contribution >= 4 is 0 Å². The summed E-state index contributed by atoms with van der Waals surface area (Å²) in [5.74, 6) is 1.22. The Hall–Kier alpha value is -1.73. The van der Waals surface area contributed by atoms with Crippen LogP contribution in [0.2, 0.25) is 0 Å². The van der Waals surface area contributed by atoms with Crippen molar-refractivity contribution in [1.29, 1.82) is 5.26 Å². The largest absolute Gasteiger partial charge is 0.493 e. The summed E-state index contributed by atoms with van der Waals surface area (Å²) < 4.78 is 10.5. The molecular formula is C12H16N2O2. The molecule has 86 valence electrons. The summed E-state index contributed by atoms with van der Waals surface area (Å²) in [5, 5.41) is 8.90. The zero-order valence-electron chi connectivity index (χ0n) is 9.78. The van der Waals surface area contributed by atoms with Gasteiger partial charge in [-0.2, -0.15) is 5.26 Å². The van der Waals surface area contributed by atoms with Crippen LogP contribution in [-0.2, 0) is 6.42 Å². The predicted octanol–water partition coefficient (Wildman–Crippen LogP) is 1.47. The van der Waals surface area contributed by atoms with Crippen molar-refractivity contribution in [1.82, 2.24) is 0 Å². The summed E-state index contributed by atoms with van der Waals surface area (Å²) >= 11 is 0. The van der Waals surface area contributed by atoms with Crippen molar-refractivity contribution < 1.29 is 9.47 Å². The third kappa shape index (κ3) is 2.65. The lowest BCUT2D eigenvalue weighted by atomic mass is 10.0. The fourth-order valence-corrected chi connectivity index (χ4v) is 1.61. The third-order valence-corrected chi connectivity index (χ3v) is 2.23. The maximum Gasteiger partial charge on any atom is 0.164 e. The number of benzene rings is 1. The lowest BCUT2D eigenvalue weighted by Gasteiger charge is -2.14. The van der Waals surface area contributed by atoms with Crippen LogP contribution < -0.4 is 15.2 Å². The smallest absolute Gasteiger partial charge is 0.164 e. The molecule has 0 amide bonds. The van der Waals surface area contributed by atoms with E-state index >= 15 is 0 Å². The Kier molecular flexibility index (Phi) is 4.15. The van der Waals surface area contributed by atoms with Gasteiger partial charge in [-0.3, -0.25) is 0 Å². The summed E-state index contributed by atoms with van der Waals surface area (Å²) in [6.45, 7) is 1.91. The zero-order chi connectivity index (χ0) is 12.1. The molecule has 0 spiro atoms. The van der Waals surface area contributed by atoms with Gasteiger partial charge in [0.05, 0.1) is 25.9 Å². The molecule has 0 radical (unpaired) electrons. The van der Waals surface area contributed by atoms with Gasteiger partial charge in [-0.25, -0.2) is 0 Å². The van der Waals surface area contributed by atoms with Crippen molar-refractivity contribution in [2.45, 2.75) is 19.4 Å². The molecule has 1 aromatic rings. The molecule has 4 nitrogen and oxygen atoms in total. The van der Waals surface area contributed by atoms with Crippen LogP contribution in [-0.4, -0.2) is 20.3 Å². The lowest BCUT2D eigenvalue weighted by molar-refractivity contribution is 0.351. The van der Waals surface area contributed by atoms with E-state index in [2.05, 4.69) is 6.07 Å². The van der Waals surface area contributed by atoms with E-state index in [1.165, 1.54) is 0 Å². The molecule has 0 aliphatic rings. The molecule has 0 aliphatic heterocycles. The topological polar surface area (TPSA) is 68.3 Å². The molecule has 1 unspecified atom stereocenters. The Morgan fingerprint density at radius 2 is 2.06 bits per heavy atom. The second-order valence-electron chi connectivity index (χ2n) is 3.66. The Bertz CT molecular complexity index is 408. The zero-order valence-corrected chi connectivity index (χ0v) is 9.78. The molecule has 2 N–H and O–H groups in total. The maximum absolute atomic E-state index is 8.90. The van der Waals surface area contributed by atoms with Crippen LogP contribution in [0.1, 0.15) is 18.1 Å². The van der Waals surface area contributed by atoms with Crippen LogP contribution in [0.5, 0.6) is 11.5 Å². The molecule has 0 saturated heterocycles. The first-order chi connectivity index (χ1) is 7.62. The minimum atomic E-state index is 0.00699. The van der Waals surface area contributed by atoms with E-state index in [1.807, 2.05) is 6.92 Å². The second kappa shape index (κ2) is 5.38. The van der Waals surface area contributed by atoms with E-state index in [4.69, 9.17) is 20.5 Å². The van der Waals surface area contributed by atoms with Crippen molar-refractivity contribution in [3.05, 3.63) is 23.3 Å². The van der Waals surface area contributed by atoms with E-state index in [0.717, 1.165) is 5.56 Å². The first kappa shape index (κ1) is 12.3. The maximum atomic E-state index is 8.90. The summed E-state index contributed by atoms with van der Waals surface area (Å²) in [6.07, 6.45) is 0.648. The van der Waals surface area contributed by atoms with Crippen molar-refractivity contribution in [3.8, 4) is 17.6 Å². The lowest BCUT2D eigenvalue weighted by Crippen LogP contribution is -2.18. The number of nitrogens with zero attached hydrogens (tertiary/aromatic N) is 1. The molecule has 0 heterocycles.